The van der Waals surface area contributed by atoms with Crippen LogP contribution in [-0.4, -0.2) is 0 Å². The highest BCUT2D eigenvalue weighted by atomic mass is 127. The van der Waals surface area contributed by atoms with Gasteiger partial charge in [-0.1, -0.05) is 49.4 Å². The van der Waals surface area contributed by atoms with Gasteiger partial charge in [0.15, 0.2) is 0 Å². The van der Waals surface area contributed by atoms with Crippen LogP contribution in [0.1, 0.15) is 24.0 Å². The van der Waals surface area contributed by atoms with Gasteiger partial charge in [-0.2, -0.15) is 0 Å². The minimum absolute atomic E-state index is 0.475. The Bertz CT molecular complexity index is 417. The van der Waals surface area contributed by atoms with Gasteiger partial charge >= 0.3 is 0 Å². The van der Waals surface area contributed by atoms with Crippen LogP contribution in [0, 0.1) is 3.57 Å². The third kappa shape index (κ3) is 2.59. The molecule has 2 aromatic rings. The van der Waals surface area contributed by atoms with Crippen molar-refractivity contribution in [3.05, 3.63) is 69.3 Å². The van der Waals surface area contributed by atoms with Gasteiger partial charge in [-0.15, -0.1) is 0 Å². The molecule has 0 aliphatic carbocycles. The van der Waals surface area contributed by atoms with E-state index in [2.05, 4.69) is 84.1 Å². The first kappa shape index (κ1) is 10.7. The summed E-state index contributed by atoms with van der Waals surface area (Å²) in [6.07, 6.45) is 0. The molecule has 2 aromatic carbocycles. The third-order valence-electron chi connectivity index (χ3n) is 2.67. The molecule has 15 heavy (non-hydrogen) atoms. The van der Waals surface area contributed by atoms with Gasteiger partial charge in [-0.25, -0.2) is 0 Å². The van der Waals surface area contributed by atoms with E-state index in [9.17, 15) is 0 Å². The lowest BCUT2D eigenvalue weighted by molar-refractivity contribution is 0.922. The van der Waals surface area contributed by atoms with E-state index in [0.29, 0.717) is 5.92 Å². The molecule has 0 heterocycles. The van der Waals surface area contributed by atoms with Gasteiger partial charge in [0.05, 0.1) is 0 Å². The summed E-state index contributed by atoms with van der Waals surface area (Å²) in [5, 5.41) is 0. The fraction of sp³-hybridized carbons (Fsp3) is 0.143. The molecular weight excluding hydrogens is 295 g/mol. The van der Waals surface area contributed by atoms with Crippen LogP contribution in [-0.2, 0) is 0 Å². The third-order valence-corrected chi connectivity index (χ3v) is 3.39. The Morgan fingerprint density at radius 1 is 0.800 bits per heavy atom. The molecule has 0 fully saturated rings. The summed E-state index contributed by atoms with van der Waals surface area (Å²) in [5.41, 5.74) is 2.75. The minimum Gasteiger partial charge on any atom is -0.0622 e. The quantitative estimate of drug-likeness (QED) is 0.719. The first-order chi connectivity index (χ1) is 7.27. The lowest BCUT2D eigenvalue weighted by Crippen LogP contribution is -1.95. The average Bonchev–Trinajstić information content (AvgIpc) is 2.30. The summed E-state index contributed by atoms with van der Waals surface area (Å²) < 4.78 is 1.29. The molecule has 1 atom stereocenters. The van der Waals surface area contributed by atoms with Gasteiger partial charge < -0.3 is 0 Å². The Morgan fingerprint density at radius 2 is 1.33 bits per heavy atom. The van der Waals surface area contributed by atoms with E-state index in [1.54, 1.807) is 0 Å². The number of hydrogen-bond acceptors (Lipinski definition) is 0. The molecule has 0 saturated heterocycles. The first-order valence-electron chi connectivity index (χ1n) is 5.08. The van der Waals surface area contributed by atoms with Crippen LogP contribution in [0.4, 0.5) is 0 Å². The predicted molar refractivity (Wildman–Crippen MR) is 73.1 cm³/mol. The number of halogens is 1. The summed E-state index contributed by atoms with van der Waals surface area (Å²) in [7, 11) is 0. The monoisotopic (exact) mass is 308 g/mol. The zero-order valence-corrected chi connectivity index (χ0v) is 10.8. The zero-order valence-electron chi connectivity index (χ0n) is 8.65. The second-order valence-corrected chi connectivity index (χ2v) is 4.93. The fourth-order valence-corrected chi connectivity index (χ4v) is 2.05. The summed E-state index contributed by atoms with van der Waals surface area (Å²) in [6.45, 7) is 2.25. The molecule has 0 aliphatic rings. The van der Waals surface area contributed by atoms with Crippen LogP contribution in [0.15, 0.2) is 54.6 Å². The normalized spacial score (nSPS) is 12.4. The highest BCUT2D eigenvalue weighted by Crippen LogP contribution is 2.24. The standard InChI is InChI=1S/C14H13I/c1-11(12-5-3-2-4-6-12)13-7-9-14(15)10-8-13/h2-11H,1H3. The lowest BCUT2D eigenvalue weighted by atomic mass is 9.93. The number of hydrogen-bond donors (Lipinski definition) is 0. The Kier molecular flexibility index (Phi) is 3.41. The lowest BCUT2D eigenvalue weighted by Gasteiger charge is -2.12. The van der Waals surface area contributed by atoms with Crippen molar-refractivity contribution in [1.29, 1.82) is 0 Å². The smallest absolute Gasteiger partial charge is 0.0130 e. The average molecular weight is 308 g/mol. The van der Waals surface area contributed by atoms with Crippen molar-refractivity contribution in [2.75, 3.05) is 0 Å². The van der Waals surface area contributed by atoms with E-state index in [-0.39, 0.29) is 0 Å². The van der Waals surface area contributed by atoms with Crippen molar-refractivity contribution >= 4 is 22.6 Å². The first-order valence-corrected chi connectivity index (χ1v) is 6.15. The van der Waals surface area contributed by atoms with Gasteiger partial charge in [0.2, 0.25) is 0 Å². The van der Waals surface area contributed by atoms with E-state index in [1.807, 2.05) is 0 Å². The second-order valence-electron chi connectivity index (χ2n) is 3.68. The van der Waals surface area contributed by atoms with Crippen LogP contribution in [0.5, 0.6) is 0 Å². The van der Waals surface area contributed by atoms with Crippen molar-refractivity contribution in [1.82, 2.24) is 0 Å². The Morgan fingerprint density at radius 3 is 1.93 bits per heavy atom. The Balaban J connectivity index is 2.29. The highest BCUT2D eigenvalue weighted by Gasteiger charge is 2.06. The molecule has 76 valence electrons. The van der Waals surface area contributed by atoms with E-state index in [1.165, 1.54) is 14.7 Å². The molecule has 0 radical (unpaired) electrons. The molecule has 0 nitrogen and oxygen atoms in total. The van der Waals surface area contributed by atoms with Crippen molar-refractivity contribution in [2.24, 2.45) is 0 Å². The van der Waals surface area contributed by atoms with E-state index in [4.69, 9.17) is 0 Å². The van der Waals surface area contributed by atoms with Gasteiger partial charge in [0.1, 0.15) is 0 Å². The maximum Gasteiger partial charge on any atom is 0.0130 e. The Hall–Kier alpha value is -0.830. The molecule has 0 aliphatic heterocycles. The van der Waals surface area contributed by atoms with E-state index >= 15 is 0 Å². The topological polar surface area (TPSA) is 0 Å². The largest absolute Gasteiger partial charge is 0.0622 e. The molecule has 2 rings (SSSR count). The fourth-order valence-electron chi connectivity index (χ4n) is 1.69. The molecule has 1 heteroatoms. The molecule has 0 saturated carbocycles. The van der Waals surface area contributed by atoms with Gasteiger partial charge in [-0.3, -0.25) is 0 Å². The van der Waals surface area contributed by atoms with Crippen LogP contribution >= 0.6 is 22.6 Å². The molecule has 0 amide bonds. The van der Waals surface area contributed by atoms with Gasteiger partial charge in [-0.05, 0) is 45.9 Å². The highest BCUT2D eigenvalue weighted by molar-refractivity contribution is 14.1. The van der Waals surface area contributed by atoms with E-state index in [0.717, 1.165) is 0 Å². The molecular formula is C14H13I. The van der Waals surface area contributed by atoms with Crippen molar-refractivity contribution in [3.63, 3.8) is 0 Å². The molecule has 0 bridgehead atoms. The van der Waals surface area contributed by atoms with Crippen molar-refractivity contribution in [2.45, 2.75) is 12.8 Å². The van der Waals surface area contributed by atoms with Crippen LogP contribution in [0.25, 0.3) is 0 Å². The summed E-state index contributed by atoms with van der Waals surface area (Å²) in [4.78, 5) is 0. The zero-order chi connectivity index (χ0) is 10.7. The maximum atomic E-state index is 2.33. The number of rotatable bonds is 2. The SMILES string of the molecule is CC(c1ccccc1)c1ccc(I)cc1. The summed E-state index contributed by atoms with van der Waals surface area (Å²) in [6, 6.07) is 19.4. The second kappa shape index (κ2) is 4.79. The molecule has 0 spiro atoms. The summed E-state index contributed by atoms with van der Waals surface area (Å²) in [5.74, 6) is 0.475. The minimum atomic E-state index is 0.475. The predicted octanol–water partition coefficient (Wildman–Crippen LogP) is 4.44. The Labute approximate surface area is 104 Å². The summed E-state index contributed by atoms with van der Waals surface area (Å²) >= 11 is 2.33. The number of benzene rings is 2. The van der Waals surface area contributed by atoms with Crippen molar-refractivity contribution < 1.29 is 0 Å². The van der Waals surface area contributed by atoms with Gasteiger partial charge in [0, 0.05) is 9.49 Å². The van der Waals surface area contributed by atoms with Gasteiger partial charge in [0.25, 0.3) is 0 Å². The van der Waals surface area contributed by atoms with Crippen molar-refractivity contribution in [3.8, 4) is 0 Å². The maximum absolute atomic E-state index is 2.33. The van der Waals surface area contributed by atoms with Crippen LogP contribution < -0.4 is 0 Å². The molecule has 0 aromatic heterocycles. The molecule has 1 unspecified atom stereocenters. The van der Waals surface area contributed by atoms with Crippen LogP contribution in [0.2, 0.25) is 0 Å². The van der Waals surface area contributed by atoms with Crippen LogP contribution in [0.3, 0.4) is 0 Å². The van der Waals surface area contributed by atoms with E-state index < -0.39 is 0 Å². The molecule has 0 N–H and O–H groups in total.